The molecule has 1 saturated heterocycles. The van der Waals surface area contributed by atoms with Gasteiger partial charge in [-0.15, -0.1) is 0 Å². The molecule has 1 aliphatic carbocycles. The highest BCUT2D eigenvalue weighted by molar-refractivity contribution is 6.31. The molecule has 8 heteroatoms. The fraction of sp³-hybridized carbons (Fsp3) is 0.417. The lowest BCUT2D eigenvalue weighted by Crippen LogP contribution is -2.55. The van der Waals surface area contributed by atoms with Gasteiger partial charge in [0.25, 0.3) is 0 Å². The Hall–Kier alpha value is -2.13. The van der Waals surface area contributed by atoms with Crippen molar-refractivity contribution in [2.24, 2.45) is 5.92 Å². The Morgan fingerprint density at radius 2 is 1.78 bits per heavy atom. The largest absolute Gasteiger partial charge is 0.500 e. The summed E-state index contributed by atoms with van der Waals surface area (Å²) >= 11 is 6.42. The molecule has 2 aliphatic heterocycles. The van der Waals surface area contributed by atoms with Crippen LogP contribution in [-0.4, -0.2) is 64.2 Å². The summed E-state index contributed by atoms with van der Waals surface area (Å²) in [4.78, 5) is 0. The number of aliphatic hydroxyl groups is 4. The van der Waals surface area contributed by atoms with E-state index in [1.807, 2.05) is 30.3 Å². The van der Waals surface area contributed by atoms with Crippen LogP contribution in [0.15, 0.2) is 54.3 Å². The van der Waals surface area contributed by atoms with Gasteiger partial charge >= 0.3 is 0 Å². The second kappa shape index (κ2) is 8.67. The van der Waals surface area contributed by atoms with Crippen LogP contribution in [0.1, 0.15) is 22.8 Å². The third-order valence-corrected chi connectivity index (χ3v) is 6.75. The fourth-order valence-corrected chi connectivity index (χ4v) is 4.57. The van der Waals surface area contributed by atoms with Crippen LogP contribution in [0.25, 0.3) is 0 Å². The molecule has 7 nitrogen and oxygen atoms in total. The molecule has 4 N–H and O–H groups in total. The van der Waals surface area contributed by atoms with Crippen molar-refractivity contribution in [3.63, 3.8) is 0 Å². The summed E-state index contributed by atoms with van der Waals surface area (Å²) in [5.74, 6) is 1.19. The highest BCUT2D eigenvalue weighted by atomic mass is 35.5. The molecule has 0 radical (unpaired) electrons. The summed E-state index contributed by atoms with van der Waals surface area (Å²) in [6, 6.07) is 13.1. The van der Waals surface area contributed by atoms with E-state index in [1.165, 1.54) is 5.57 Å². The van der Waals surface area contributed by atoms with E-state index in [9.17, 15) is 20.4 Å². The van der Waals surface area contributed by atoms with Crippen LogP contribution in [0.2, 0.25) is 5.02 Å². The molecule has 2 aromatic rings. The van der Waals surface area contributed by atoms with Gasteiger partial charge in [0.1, 0.15) is 42.4 Å². The third-order valence-electron chi connectivity index (χ3n) is 6.38. The standard InChI is InChI=1S/C24H25ClO7/c25-18-6-3-13(23-22(29)21(28)20(27)19(9-26)32-23)8-14(18)7-12-1-4-15(5-2-12)31-24-16-10-30-11-17(16)24/h1-6,8,10,17,19-24,26-29H,7,9,11H2. The molecule has 0 bridgehead atoms. The molecule has 2 aromatic carbocycles. The highest BCUT2D eigenvalue weighted by Gasteiger charge is 2.50. The predicted octanol–water partition coefficient (Wildman–Crippen LogP) is 1.74. The first-order valence-electron chi connectivity index (χ1n) is 10.6. The summed E-state index contributed by atoms with van der Waals surface area (Å²) in [5.41, 5.74) is 3.68. The zero-order chi connectivity index (χ0) is 22.4. The summed E-state index contributed by atoms with van der Waals surface area (Å²) in [6.45, 7) is 0.226. The molecule has 7 unspecified atom stereocenters. The van der Waals surface area contributed by atoms with Gasteiger partial charge in [0, 0.05) is 10.6 Å². The Bertz CT molecular complexity index is 1010. The summed E-state index contributed by atoms with van der Waals surface area (Å²) in [6.07, 6.45) is -3.54. The van der Waals surface area contributed by atoms with Crippen molar-refractivity contribution in [2.75, 3.05) is 13.2 Å². The quantitative estimate of drug-likeness (QED) is 0.520. The van der Waals surface area contributed by atoms with E-state index < -0.39 is 37.1 Å². The van der Waals surface area contributed by atoms with E-state index in [-0.39, 0.29) is 6.10 Å². The molecule has 0 spiro atoms. The Labute approximate surface area is 190 Å². The van der Waals surface area contributed by atoms with Crippen LogP contribution in [0.5, 0.6) is 5.75 Å². The summed E-state index contributed by atoms with van der Waals surface area (Å²) in [7, 11) is 0. The maximum Gasteiger partial charge on any atom is 0.134 e. The molecule has 7 atom stereocenters. The maximum atomic E-state index is 10.4. The lowest BCUT2D eigenvalue weighted by Gasteiger charge is -2.40. The molecule has 2 fully saturated rings. The SMILES string of the molecule is OCC1OC(c2ccc(Cl)c(Cc3ccc(OC4C5=COCC54)cc3)c2)C(O)C(O)C1O. The van der Waals surface area contributed by atoms with Crippen molar-refractivity contribution in [1.82, 2.24) is 0 Å². The van der Waals surface area contributed by atoms with Gasteiger partial charge < -0.3 is 34.6 Å². The van der Waals surface area contributed by atoms with Gasteiger partial charge in [0.05, 0.1) is 25.4 Å². The zero-order valence-corrected chi connectivity index (χ0v) is 17.9. The number of rotatable bonds is 6. The zero-order valence-electron chi connectivity index (χ0n) is 17.2. The summed E-state index contributed by atoms with van der Waals surface area (Å²) < 4.78 is 16.9. The van der Waals surface area contributed by atoms with Crippen molar-refractivity contribution in [1.29, 1.82) is 0 Å². The van der Waals surface area contributed by atoms with E-state index in [2.05, 4.69) is 0 Å². The number of aliphatic hydroxyl groups excluding tert-OH is 4. The molecular weight excluding hydrogens is 436 g/mol. The Balaban J connectivity index is 1.30. The van der Waals surface area contributed by atoms with Crippen LogP contribution in [-0.2, 0) is 15.9 Å². The average Bonchev–Trinajstić information content (AvgIpc) is 3.20. The van der Waals surface area contributed by atoms with E-state index in [0.717, 1.165) is 16.9 Å². The van der Waals surface area contributed by atoms with Crippen molar-refractivity contribution in [3.8, 4) is 5.75 Å². The normalized spacial score (nSPS) is 33.3. The smallest absolute Gasteiger partial charge is 0.134 e. The number of benzene rings is 2. The molecular formula is C24H25ClO7. The molecule has 5 rings (SSSR count). The number of hydrogen-bond donors (Lipinski definition) is 4. The van der Waals surface area contributed by atoms with Gasteiger partial charge in [-0.1, -0.05) is 35.9 Å². The first-order chi connectivity index (χ1) is 15.5. The van der Waals surface area contributed by atoms with Gasteiger partial charge in [-0.2, -0.15) is 0 Å². The maximum absolute atomic E-state index is 10.4. The minimum absolute atomic E-state index is 0.124. The van der Waals surface area contributed by atoms with Gasteiger partial charge in [0.15, 0.2) is 0 Å². The molecule has 1 saturated carbocycles. The second-order valence-electron chi connectivity index (χ2n) is 8.52. The van der Waals surface area contributed by atoms with Crippen molar-refractivity contribution in [2.45, 2.75) is 43.0 Å². The second-order valence-corrected chi connectivity index (χ2v) is 8.92. The van der Waals surface area contributed by atoms with E-state index in [4.69, 9.17) is 25.8 Å². The van der Waals surface area contributed by atoms with Crippen LogP contribution in [0.4, 0.5) is 0 Å². The predicted molar refractivity (Wildman–Crippen MR) is 115 cm³/mol. The van der Waals surface area contributed by atoms with Crippen LogP contribution in [0.3, 0.4) is 0 Å². The summed E-state index contributed by atoms with van der Waals surface area (Å²) in [5, 5.41) is 40.5. The van der Waals surface area contributed by atoms with E-state index >= 15 is 0 Å². The Kier molecular flexibility index (Phi) is 5.88. The van der Waals surface area contributed by atoms with Crippen molar-refractivity contribution >= 4 is 11.6 Å². The minimum Gasteiger partial charge on any atom is -0.500 e. The monoisotopic (exact) mass is 460 g/mol. The van der Waals surface area contributed by atoms with E-state index in [1.54, 1.807) is 18.4 Å². The molecule has 3 aliphatic rings. The van der Waals surface area contributed by atoms with Gasteiger partial charge in [-0.25, -0.2) is 0 Å². The average molecular weight is 461 g/mol. The molecule has 170 valence electrons. The molecule has 0 amide bonds. The van der Waals surface area contributed by atoms with Gasteiger partial charge in [-0.3, -0.25) is 0 Å². The lowest BCUT2D eigenvalue weighted by molar-refractivity contribution is -0.231. The van der Waals surface area contributed by atoms with Crippen LogP contribution < -0.4 is 4.74 Å². The number of fused-ring (bicyclic) bond motifs is 1. The minimum atomic E-state index is -1.43. The topological polar surface area (TPSA) is 109 Å². The van der Waals surface area contributed by atoms with Crippen molar-refractivity contribution < 1.29 is 34.6 Å². The number of halogens is 1. The van der Waals surface area contributed by atoms with E-state index in [0.29, 0.717) is 29.5 Å². The van der Waals surface area contributed by atoms with Gasteiger partial charge in [0.2, 0.25) is 0 Å². The highest BCUT2D eigenvalue weighted by Crippen LogP contribution is 2.45. The van der Waals surface area contributed by atoms with Crippen molar-refractivity contribution in [3.05, 3.63) is 76.0 Å². The first kappa shape index (κ1) is 21.7. The first-order valence-corrected chi connectivity index (χ1v) is 11.0. The lowest BCUT2D eigenvalue weighted by atomic mass is 9.90. The molecule has 0 aromatic heterocycles. The van der Waals surface area contributed by atoms with Gasteiger partial charge in [-0.05, 0) is 41.3 Å². The van der Waals surface area contributed by atoms with Crippen LogP contribution in [0, 0.1) is 5.92 Å². The number of hydrogen-bond acceptors (Lipinski definition) is 7. The Morgan fingerprint density at radius 1 is 1.00 bits per heavy atom. The molecule has 2 heterocycles. The van der Waals surface area contributed by atoms with Crippen LogP contribution >= 0.6 is 11.6 Å². The Morgan fingerprint density at radius 3 is 2.47 bits per heavy atom. The number of ether oxygens (including phenoxy) is 3. The fourth-order valence-electron chi connectivity index (χ4n) is 4.38. The molecule has 32 heavy (non-hydrogen) atoms. The third kappa shape index (κ3) is 4.01.